The number of nitrogens with one attached hydrogen (secondary N) is 2. The summed E-state index contributed by atoms with van der Waals surface area (Å²) in [6.07, 6.45) is 3.70. The third-order valence-corrected chi connectivity index (χ3v) is 3.85. The molecule has 1 aliphatic heterocycles. The molecule has 1 fully saturated rings. The first-order valence-corrected chi connectivity index (χ1v) is 7.66. The molecule has 3 nitrogen and oxygen atoms in total. The van der Waals surface area contributed by atoms with Crippen LogP contribution in [0.25, 0.3) is 0 Å². The van der Waals surface area contributed by atoms with Gasteiger partial charge in [0.1, 0.15) is 5.82 Å². The molecule has 2 N–H and O–H groups in total. The topological polar surface area (TPSA) is 27.3 Å². The maximum absolute atomic E-state index is 13.0. The highest BCUT2D eigenvalue weighted by Gasteiger charge is 2.10. The normalized spacial score (nSPS) is 15.3. The molecule has 6 heteroatoms. The number of likely N-dealkylation sites (tertiary alicyclic amines) is 1. The van der Waals surface area contributed by atoms with Gasteiger partial charge in [0.2, 0.25) is 0 Å². The van der Waals surface area contributed by atoms with Gasteiger partial charge in [-0.25, -0.2) is 4.39 Å². The van der Waals surface area contributed by atoms with Gasteiger partial charge >= 0.3 is 0 Å². The number of anilines is 1. The fourth-order valence-corrected chi connectivity index (χ4v) is 2.66. The Kier molecular flexibility index (Phi) is 6.01. The van der Waals surface area contributed by atoms with Crippen LogP contribution in [0.2, 0.25) is 5.02 Å². The second-order valence-corrected chi connectivity index (χ2v) is 5.73. The van der Waals surface area contributed by atoms with E-state index in [1.807, 2.05) is 0 Å². The minimum Gasteiger partial charge on any atom is -0.362 e. The van der Waals surface area contributed by atoms with Crippen LogP contribution in [0.15, 0.2) is 18.2 Å². The van der Waals surface area contributed by atoms with Crippen molar-refractivity contribution in [3.63, 3.8) is 0 Å². The molecule has 0 spiro atoms. The molecule has 1 aromatic rings. The first-order chi connectivity index (χ1) is 9.65. The molecule has 0 unspecified atom stereocenters. The number of hydrogen-bond acceptors (Lipinski definition) is 2. The highest BCUT2D eigenvalue weighted by Crippen LogP contribution is 2.19. The summed E-state index contributed by atoms with van der Waals surface area (Å²) in [5.41, 5.74) is 0.688. The van der Waals surface area contributed by atoms with E-state index in [1.54, 1.807) is 6.07 Å². The van der Waals surface area contributed by atoms with Gasteiger partial charge in [-0.1, -0.05) is 11.6 Å². The van der Waals surface area contributed by atoms with E-state index in [0.717, 1.165) is 19.5 Å². The number of thiocarbonyl (C=S) groups is 1. The van der Waals surface area contributed by atoms with Crippen molar-refractivity contribution < 1.29 is 4.39 Å². The van der Waals surface area contributed by atoms with E-state index in [-0.39, 0.29) is 5.02 Å². The van der Waals surface area contributed by atoms with Crippen LogP contribution in [-0.4, -0.2) is 36.2 Å². The summed E-state index contributed by atoms with van der Waals surface area (Å²) in [6, 6.07) is 4.45. The molecule has 0 radical (unpaired) electrons. The molecule has 0 bridgehead atoms. The molecule has 0 aliphatic carbocycles. The molecule has 1 aromatic carbocycles. The third kappa shape index (κ3) is 4.89. The van der Waals surface area contributed by atoms with Crippen molar-refractivity contribution in [2.24, 2.45) is 0 Å². The van der Waals surface area contributed by atoms with Crippen LogP contribution >= 0.6 is 23.8 Å². The number of benzene rings is 1. The summed E-state index contributed by atoms with van der Waals surface area (Å²) in [5.74, 6) is -0.429. The van der Waals surface area contributed by atoms with E-state index in [1.165, 1.54) is 38.1 Å². The van der Waals surface area contributed by atoms with Crippen LogP contribution in [0.1, 0.15) is 19.3 Å². The second kappa shape index (κ2) is 7.76. The molecule has 0 aromatic heterocycles. The summed E-state index contributed by atoms with van der Waals surface area (Å²) in [5, 5.41) is 6.77. The zero-order valence-electron chi connectivity index (χ0n) is 11.3. The summed E-state index contributed by atoms with van der Waals surface area (Å²) in [6.45, 7) is 4.38. The standard InChI is InChI=1S/C14H19ClFN3S/c15-12-10-11(4-5-13(12)16)18-14(20)17-6-3-9-19-7-1-2-8-19/h4-5,10H,1-3,6-9H2,(H2,17,18,20). The van der Waals surface area contributed by atoms with E-state index in [0.29, 0.717) is 10.8 Å². The molecule has 1 saturated heterocycles. The van der Waals surface area contributed by atoms with E-state index in [9.17, 15) is 4.39 Å². The molecule has 1 heterocycles. The Bertz CT molecular complexity index is 464. The van der Waals surface area contributed by atoms with Crippen molar-refractivity contribution in [1.82, 2.24) is 10.2 Å². The average molecular weight is 316 g/mol. The summed E-state index contributed by atoms with van der Waals surface area (Å²) >= 11 is 10.9. The van der Waals surface area contributed by atoms with E-state index in [4.69, 9.17) is 23.8 Å². The number of hydrogen-bond donors (Lipinski definition) is 2. The van der Waals surface area contributed by atoms with E-state index < -0.39 is 5.82 Å². The lowest BCUT2D eigenvalue weighted by Gasteiger charge is -2.15. The lowest BCUT2D eigenvalue weighted by molar-refractivity contribution is 0.334. The van der Waals surface area contributed by atoms with Crippen LogP contribution < -0.4 is 10.6 Å². The predicted octanol–water partition coefficient (Wildman–Crippen LogP) is 3.25. The van der Waals surface area contributed by atoms with Gasteiger partial charge in [-0.15, -0.1) is 0 Å². The maximum atomic E-state index is 13.0. The molecule has 110 valence electrons. The Morgan fingerprint density at radius 1 is 1.35 bits per heavy atom. The maximum Gasteiger partial charge on any atom is 0.170 e. The number of halogens is 2. The van der Waals surface area contributed by atoms with Crippen molar-refractivity contribution in [2.75, 3.05) is 31.5 Å². The van der Waals surface area contributed by atoms with Crippen LogP contribution in [-0.2, 0) is 0 Å². The molecule has 1 aliphatic rings. The SMILES string of the molecule is Fc1ccc(NC(=S)NCCCN2CCCC2)cc1Cl. The Morgan fingerprint density at radius 3 is 2.80 bits per heavy atom. The predicted molar refractivity (Wildman–Crippen MR) is 85.9 cm³/mol. The van der Waals surface area contributed by atoms with Gasteiger partial charge < -0.3 is 15.5 Å². The molecular formula is C14H19ClFN3S. The summed E-state index contributed by atoms with van der Waals surface area (Å²) in [4.78, 5) is 2.47. The Hall–Kier alpha value is -0.910. The Balaban J connectivity index is 1.65. The molecule has 20 heavy (non-hydrogen) atoms. The minimum absolute atomic E-state index is 0.0897. The molecule has 2 rings (SSSR count). The summed E-state index contributed by atoms with van der Waals surface area (Å²) in [7, 11) is 0. The third-order valence-electron chi connectivity index (χ3n) is 3.31. The minimum atomic E-state index is -0.429. The smallest absolute Gasteiger partial charge is 0.170 e. The van der Waals surface area contributed by atoms with Crippen LogP contribution in [0.4, 0.5) is 10.1 Å². The van der Waals surface area contributed by atoms with Gasteiger partial charge in [0, 0.05) is 12.2 Å². The van der Waals surface area contributed by atoms with Crippen molar-refractivity contribution in [3.8, 4) is 0 Å². The Morgan fingerprint density at radius 2 is 2.10 bits per heavy atom. The number of nitrogens with zero attached hydrogens (tertiary/aromatic N) is 1. The van der Waals surface area contributed by atoms with Crippen molar-refractivity contribution >= 4 is 34.6 Å². The Labute approximate surface area is 129 Å². The molecular weight excluding hydrogens is 297 g/mol. The largest absolute Gasteiger partial charge is 0.362 e. The molecule has 0 atom stereocenters. The van der Waals surface area contributed by atoms with Gasteiger partial charge in [-0.3, -0.25) is 0 Å². The first-order valence-electron chi connectivity index (χ1n) is 6.87. The van der Waals surface area contributed by atoms with Crippen LogP contribution in [0.5, 0.6) is 0 Å². The van der Waals surface area contributed by atoms with Gasteiger partial charge in [0.15, 0.2) is 5.11 Å². The van der Waals surface area contributed by atoms with Gasteiger partial charge in [0.25, 0.3) is 0 Å². The quantitative estimate of drug-likeness (QED) is 0.644. The van der Waals surface area contributed by atoms with Crippen molar-refractivity contribution in [1.29, 1.82) is 0 Å². The van der Waals surface area contributed by atoms with Gasteiger partial charge in [0.05, 0.1) is 5.02 Å². The van der Waals surface area contributed by atoms with Gasteiger partial charge in [-0.05, 0) is 69.3 Å². The lowest BCUT2D eigenvalue weighted by Crippen LogP contribution is -2.31. The fourth-order valence-electron chi connectivity index (χ4n) is 2.26. The lowest BCUT2D eigenvalue weighted by atomic mass is 10.3. The zero-order valence-corrected chi connectivity index (χ0v) is 12.9. The number of rotatable bonds is 5. The van der Waals surface area contributed by atoms with Gasteiger partial charge in [-0.2, -0.15) is 0 Å². The summed E-state index contributed by atoms with van der Waals surface area (Å²) < 4.78 is 13.0. The first kappa shape index (κ1) is 15.5. The van der Waals surface area contributed by atoms with Crippen LogP contribution in [0, 0.1) is 5.82 Å². The van der Waals surface area contributed by atoms with E-state index in [2.05, 4.69) is 15.5 Å². The average Bonchev–Trinajstić information content (AvgIpc) is 2.92. The second-order valence-electron chi connectivity index (χ2n) is 4.91. The molecule has 0 amide bonds. The fraction of sp³-hybridized carbons (Fsp3) is 0.500. The van der Waals surface area contributed by atoms with E-state index >= 15 is 0 Å². The highest BCUT2D eigenvalue weighted by molar-refractivity contribution is 7.80. The van der Waals surface area contributed by atoms with Crippen molar-refractivity contribution in [3.05, 3.63) is 29.0 Å². The zero-order chi connectivity index (χ0) is 14.4. The highest BCUT2D eigenvalue weighted by atomic mass is 35.5. The van der Waals surface area contributed by atoms with Crippen LogP contribution in [0.3, 0.4) is 0 Å². The monoisotopic (exact) mass is 315 g/mol. The molecule has 0 saturated carbocycles. The van der Waals surface area contributed by atoms with Crippen molar-refractivity contribution in [2.45, 2.75) is 19.3 Å².